The zero-order chi connectivity index (χ0) is 8.08. The van der Waals surface area contributed by atoms with Crippen molar-refractivity contribution in [3.8, 4) is 0 Å². The maximum atomic E-state index is 10.6. The number of carboxylic acid groups (broad SMARTS) is 2. The lowest BCUT2D eigenvalue weighted by Crippen LogP contribution is -2.04. The van der Waals surface area contributed by atoms with Crippen molar-refractivity contribution in [3.05, 3.63) is 0 Å². The van der Waals surface area contributed by atoms with Gasteiger partial charge in [-0.1, -0.05) is 0 Å². The number of alkyl halides is 2. The Labute approximate surface area is 49.4 Å². The SMILES string of the molecule is CC(O)(F)F.O=C(O)O. The lowest BCUT2D eigenvalue weighted by molar-refractivity contribution is -0.181. The molecule has 0 saturated heterocycles. The Morgan fingerprint density at radius 3 is 1.44 bits per heavy atom. The Morgan fingerprint density at radius 2 is 1.44 bits per heavy atom. The van der Waals surface area contributed by atoms with Gasteiger partial charge in [-0.15, -0.1) is 0 Å². The van der Waals surface area contributed by atoms with Gasteiger partial charge in [0, 0.05) is 6.92 Å². The molecule has 0 aliphatic carbocycles. The highest BCUT2D eigenvalue weighted by Gasteiger charge is 2.11. The van der Waals surface area contributed by atoms with Crippen LogP contribution in [0.1, 0.15) is 6.92 Å². The third-order valence-electron chi connectivity index (χ3n) is 0. The third kappa shape index (κ3) is 222. The molecular weight excluding hydrogens is 138 g/mol. The van der Waals surface area contributed by atoms with Crippen LogP contribution in [-0.4, -0.2) is 27.6 Å². The second-order valence-corrected chi connectivity index (χ2v) is 1.12. The Bertz CT molecular complexity index is 76.3. The number of halogens is 2. The first-order chi connectivity index (χ1) is 3.73. The molecule has 0 bridgehead atoms. The van der Waals surface area contributed by atoms with Gasteiger partial charge < -0.3 is 15.3 Å². The van der Waals surface area contributed by atoms with E-state index in [4.69, 9.17) is 20.1 Å². The minimum Gasteiger partial charge on any atom is -0.450 e. The van der Waals surface area contributed by atoms with Crippen molar-refractivity contribution in [2.24, 2.45) is 0 Å². The van der Waals surface area contributed by atoms with Gasteiger partial charge >= 0.3 is 12.3 Å². The van der Waals surface area contributed by atoms with E-state index >= 15 is 0 Å². The largest absolute Gasteiger partial charge is 0.503 e. The van der Waals surface area contributed by atoms with Crippen LogP contribution in [0.25, 0.3) is 0 Å². The van der Waals surface area contributed by atoms with Crippen LogP contribution < -0.4 is 0 Å². The van der Waals surface area contributed by atoms with Gasteiger partial charge in [-0.2, -0.15) is 8.78 Å². The zero-order valence-electron chi connectivity index (χ0n) is 4.51. The molecule has 0 amide bonds. The lowest BCUT2D eigenvalue weighted by Gasteiger charge is -1.93. The molecule has 0 atom stereocenters. The second kappa shape index (κ2) is 4.02. The first-order valence-corrected chi connectivity index (χ1v) is 1.75. The molecule has 0 saturated carbocycles. The summed E-state index contributed by atoms with van der Waals surface area (Å²) in [7, 11) is 0. The number of rotatable bonds is 0. The van der Waals surface area contributed by atoms with Crippen LogP contribution in [0, 0.1) is 0 Å². The molecule has 0 aromatic heterocycles. The summed E-state index contributed by atoms with van der Waals surface area (Å²) in [4.78, 5) is 8.56. The highest BCUT2D eigenvalue weighted by atomic mass is 19.3. The summed E-state index contributed by atoms with van der Waals surface area (Å²) in [6.07, 6.45) is -5.33. The van der Waals surface area contributed by atoms with Crippen LogP contribution in [0.3, 0.4) is 0 Å². The van der Waals surface area contributed by atoms with E-state index in [0.717, 1.165) is 0 Å². The second-order valence-electron chi connectivity index (χ2n) is 1.12. The molecule has 0 unspecified atom stereocenters. The summed E-state index contributed by atoms with van der Waals surface area (Å²) in [5.74, 6) is 0. The van der Waals surface area contributed by atoms with Crippen LogP contribution in [0.4, 0.5) is 13.6 Å². The molecule has 0 spiro atoms. The number of aliphatic hydroxyl groups is 1. The predicted octanol–water partition coefficient (Wildman–Crippen LogP) is 0.814. The average Bonchev–Trinajstić information content (AvgIpc) is 1.19. The molecule has 0 aromatic carbocycles. The van der Waals surface area contributed by atoms with Gasteiger partial charge in [0.1, 0.15) is 0 Å². The molecule has 0 radical (unpaired) electrons. The van der Waals surface area contributed by atoms with Gasteiger partial charge in [0.05, 0.1) is 0 Å². The maximum absolute atomic E-state index is 10.6. The maximum Gasteiger partial charge on any atom is 0.503 e. The quantitative estimate of drug-likeness (QED) is 0.470. The highest BCUT2D eigenvalue weighted by Crippen LogP contribution is 2.02. The van der Waals surface area contributed by atoms with Gasteiger partial charge in [-0.3, -0.25) is 0 Å². The fourth-order valence-corrected chi connectivity index (χ4v) is 0. The molecule has 0 heterocycles. The Balaban J connectivity index is 0. The van der Waals surface area contributed by atoms with E-state index in [0.29, 0.717) is 6.92 Å². The average molecular weight is 144 g/mol. The fourth-order valence-electron chi connectivity index (χ4n) is 0. The molecule has 6 heteroatoms. The van der Waals surface area contributed by atoms with Crippen molar-refractivity contribution in [2.45, 2.75) is 13.0 Å². The van der Waals surface area contributed by atoms with Gasteiger partial charge in [0.2, 0.25) is 0 Å². The Hall–Kier alpha value is -0.910. The van der Waals surface area contributed by atoms with E-state index in [-0.39, 0.29) is 0 Å². The van der Waals surface area contributed by atoms with E-state index in [9.17, 15) is 8.78 Å². The minimum absolute atomic E-state index is 0.410. The summed E-state index contributed by atoms with van der Waals surface area (Å²) >= 11 is 0. The Kier molecular flexibility index (Phi) is 4.89. The van der Waals surface area contributed by atoms with Gasteiger partial charge in [-0.25, -0.2) is 4.79 Å². The number of hydrogen-bond donors (Lipinski definition) is 3. The standard InChI is InChI=1S/C2H4F2O.CH2O3/c1-2(3,4)5;2-1(3)4/h5H,1H3;(H2,2,3,4). The molecule has 56 valence electrons. The normalized spacial score (nSPS) is 9.33. The Morgan fingerprint density at radius 1 is 1.44 bits per heavy atom. The van der Waals surface area contributed by atoms with Crippen molar-refractivity contribution >= 4 is 6.16 Å². The molecule has 4 nitrogen and oxygen atoms in total. The minimum atomic E-state index is -3.50. The molecular formula is C3H6F2O4. The van der Waals surface area contributed by atoms with Crippen molar-refractivity contribution < 1.29 is 28.9 Å². The van der Waals surface area contributed by atoms with E-state index in [1.54, 1.807) is 0 Å². The molecule has 9 heavy (non-hydrogen) atoms. The number of hydrogen-bond acceptors (Lipinski definition) is 2. The number of carbonyl (C=O) groups is 1. The van der Waals surface area contributed by atoms with Crippen LogP contribution in [0.5, 0.6) is 0 Å². The first-order valence-electron chi connectivity index (χ1n) is 1.75. The lowest BCUT2D eigenvalue weighted by atomic mass is 10.8. The summed E-state index contributed by atoms with van der Waals surface area (Å²) in [5, 5.41) is 21.1. The zero-order valence-corrected chi connectivity index (χ0v) is 4.51. The summed E-state index contributed by atoms with van der Waals surface area (Å²) in [5.41, 5.74) is 0. The predicted molar refractivity (Wildman–Crippen MR) is 23.5 cm³/mol. The van der Waals surface area contributed by atoms with Crippen molar-refractivity contribution in [2.75, 3.05) is 0 Å². The van der Waals surface area contributed by atoms with Crippen molar-refractivity contribution in [1.29, 1.82) is 0 Å². The van der Waals surface area contributed by atoms with Crippen molar-refractivity contribution in [3.63, 3.8) is 0 Å². The smallest absolute Gasteiger partial charge is 0.450 e. The van der Waals surface area contributed by atoms with Crippen LogP contribution in [0.2, 0.25) is 0 Å². The molecule has 0 aliphatic heterocycles. The molecule has 0 fully saturated rings. The molecule has 3 N–H and O–H groups in total. The summed E-state index contributed by atoms with van der Waals surface area (Å²) in [6.45, 7) is 0.410. The van der Waals surface area contributed by atoms with Crippen LogP contribution in [-0.2, 0) is 0 Å². The molecule has 0 aliphatic rings. The van der Waals surface area contributed by atoms with E-state index in [1.807, 2.05) is 0 Å². The first kappa shape index (κ1) is 11.0. The topological polar surface area (TPSA) is 77.8 Å². The molecule has 0 aromatic rings. The van der Waals surface area contributed by atoms with Crippen LogP contribution >= 0.6 is 0 Å². The van der Waals surface area contributed by atoms with Gasteiger partial charge in [-0.05, 0) is 0 Å². The monoisotopic (exact) mass is 144 g/mol. The summed E-state index contributed by atoms with van der Waals surface area (Å²) < 4.78 is 21.2. The third-order valence-corrected chi connectivity index (χ3v) is 0. The van der Waals surface area contributed by atoms with Crippen LogP contribution in [0.15, 0.2) is 0 Å². The van der Waals surface area contributed by atoms with E-state index in [1.165, 1.54) is 0 Å². The fraction of sp³-hybridized carbons (Fsp3) is 0.667. The summed E-state index contributed by atoms with van der Waals surface area (Å²) in [6, 6.07) is 0. The van der Waals surface area contributed by atoms with Crippen molar-refractivity contribution in [1.82, 2.24) is 0 Å². The van der Waals surface area contributed by atoms with Gasteiger partial charge in [0.15, 0.2) is 0 Å². The van der Waals surface area contributed by atoms with E-state index < -0.39 is 12.3 Å². The highest BCUT2D eigenvalue weighted by molar-refractivity contribution is 5.53. The van der Waals surface area contributed by atoms with E-state index in [2.05, 4.69) is 0 Å². The molecule has 0 rings (SSSR count). The van der Waals surface area contributed by atoms with Gasteiger partial charge in [0.25, 0.3) is 0 Å².